The van der Waals surface area contributed by atoms with Gasteiger partial charge in [-0.25, -0.2) is 4.57 Å². The van der Waals surface area contributed by atoms with E-state index in [1.807, 2.05) is 21.1 Å². The number of carbonyl (C=O) groups is 2. The Morgan fingerprint density at radius 3 is 0.771 bits per heavy atom. The molecule has 572 valence electrons. The zero-order chi connectivity index (χ0) is 69.7. The lowest BCUT2D eigenvalue weighted by molar-refractivity contribution is -0.870. The fraction of sp³-hybridized carbons (Fsp3) is 0.953. The fourth-order valence-corrected chi connectivity index (χ4v) is 14.4. The van der Waals surface area contributed by atoms with Gasteiger partial charge in [0.15, 0.2) is 6.10 Å². The standard InChI is InChI=1S/C86H170NO8P/c1-6-8-10-12-14-16-18-20-22-24-26-28-30-32-34-36-38-40-41-42-43-44-45-47-49-51-53-55-57-59-61-63-65-67-69-71-73-75-77-79-86(89)95-84(83-94-96(90,91)93-81-80-87(3,4)5)82-92-85(88)78-76-74-72-70-68-66-64-62-60-58-56-54-52-50-48-46-39-37-35-33-31-29-27-25-23-21-19-17-15-13-11-9-7-2/h24,26,84H,6-23,25,27-83H2,1-5H3/p+1/b26-24-. The fourth-order valence-electron chi connectivity index (χ4n) is 13.7. The van der Waals surface area contributed by atoms with E-state index in [4.69, 9.17) is 18.5 Å². The third-order valence-corrected chi connectivity index (χ3v) is 21.3. The number of ether oxygens (including phenoxy) is 2. The van der Waals surface area contributed by atoms with E-state index < -0.39 is 26.5 Å². The Hall–Kier alpha value is -1.25. The highest BCUT2D eigenvalue weighted by molar-refractivity contribution is 7.47. The molecule has 9 nitrogen and oxygen atoms in total. The second-order valence-corrected chi connectivity index (χ2v) is 32.7. The van der Waals surface area contributed by atoms with Gasteiger partial charge in [0.1, 0.15) is 19.8 Å². The van der Waals surface area contributed by atoms with E-state index in [2.05, 4.69) is 26.0 Å². The van der Waals surface area contributed by atoms with E-state index in [9.17, 15) is 19.0 Å². The van der Waals surface area contributed by atoms with Gasteiger partial charge in [-0.2, -0.15) is 0 Å². The summed E-state index contributed by atoms with van der Waals surface area (Å²) in [5, 5.41) is 0. The number of rotatable bonds is 83. The Labute approximate surface area is 600 Å². The van der Waals surface area contributed by atoms with Crippen molar-refractivity contribution in [1.82, 2.24) is 0 Å². The molecule has 0 saturated carbocycles. The molecule has 2 atom stereocenters. The highest BCUT2D eigenvalue weighted by Crippen LogP contribution is 2.43. The molecule has 2 unspecified atom stereocenters. The first-order valence-corrected chi connectivity index (χ1v) is 44.9. The molecule has 0 aliphatic carbocycles. The van der Waals surface area contributed by atoms with Gasteiger partial charge in [-0.1, -0.05) is 437 Å². The molecule has 0 saturated heterocycles. The normalized spacial score (nSPS) is 12.9. The molecule has 0 amide bonds. The van der Waals surface area contributed by atoms with Crippen molar-refractivity contribution in [3.8, 4) is 0 Å². The summed E-state index contributed by atoms with van der Waals surface area (Å²) in [6.45, 7) is 4.54. The Morgan fingerprint density at radius 1 is 0.312 bits per heavy atom. The van der Waals surface area contributed by atoms with Crippen LogP contribution in [0.25, 0.3) is 0 Å². The first kappa shape index (κ1) is 94.8. The predicted molar refractivity (Wildman–Crippen MR) is 418 cm³/mol. The monoisotopic (exact) mass is 1380 g/mol. The van der Waals surface area contributed by atoms with Gasteiger partial charge in [-0.15, -0.1) is 0 Å². The van der Waals surface area contributed by atoms with Crippen LogP contribution < -0.4 is 0 Å². The number of esters is 2. The number of phosphoric acid groups is 1. The maximum absolute atomic E-state index is 12.9. The van der Waals surface area contributed by atoms with Crippen LogP contribution in [0.4, 0.5) is 0 Å². The zero-order valence-corrected chi connectivity index (χ0v) is 66.6. The number of quaternary nitrogens is 1. The Morgan fingerprint density at radius 2 is 0.531 bits per heavy atom. The maximum Gasteiger partial charge on any atom is 0.472 e. The SMILES string of the molecule is CCCCCCCCCC/C=C\CCCCCCCCCCCCCCCCCCCCCCCCCCCCCC(=O)OC(COC(=O)CCCCCCCCCCCCCCCCCCCCCCCCCCCCCCCCCCC)COP(=O)(O)OCC[N+](C)(C)C. The van der Waals surface area contributed by atoms with Crippen molar-refractivity contribution < 1.29 is 42.1 Å². The van der Waals surface area contributed by atoms with Gasteiger partial charge < -0.3 is 18.9 Å². The van der Waals surface area contributed by atoms with Crippen LogP contribution >= 0.6 is 7.82 Å². The van der Waals surface area contributed by atoms with Gasteiger partial charge in [0.05, 0.1) is 27.7 Å². The largest absolute Gasteiger partial charge is 0.472 e. The van der Waals surface area contributed by atoms with Crippen LogP contribution in [0.1, 0.15) is 476 Å². The van der Waals surface area contributed by atoms with Gasteiger partial charge in [0, 0.05) is 12.8 Å². The quantitative estimate of drug-likeness (QED) is 0.0211. The molecule has 96 heavy (non-hydrogen) atoms. The van der Waals surface area contributed by atoms with Crippen molar-refractivity contribution in [1.29, 1.82) is 0 Å². The summed E-state index contributed by atoms with van der Waals surface area (Å²) in [5.74, 6) is -0.764. The Balaban J connectivity index is 3.84. The molecule has 10 heteroatoms. The van der Waals surface area contributed by atoms with Crippen molar-refractivity contribution in [3.05, 3.63) is 12.2 Å². The number of allylic oxidation sites excluding steroid dienone is 2. The number of nitrogens with zero attached hydrogens (tertiary/aromatic N) is 1. The number of unbranched alkanes of at least 4 members (excludes halogenated alkanes) is 67. The average Bonchev–Trinajstić information content (AvgIpc) is 1.98. The third kappa shape index (κ3) is 81.7. The van der Waals surface area contributed by atoms with Crippen LogP contribution in [0.5, 0.6) is 0 Å². The minimum atomic E-state index is -4.39. The molecule has 0 rings (SSSR count). The highest BCUT2D eigenvalue weighted by Gasteiger charge is 2.27. The van der Waals surface area contributed by atoms with E-state index in [0.29, 0.717) is 17.4 Å². The summed E-state index contributed by atoms with van der Waals surface area (Å²) >= 11 is 0. The average molecular weight is 1380 g/mol. The number of hydrogen-bond donors (Lipinski definition) is 1. The molecule has 0 spiro atoms. The van der Waals surface area contributed by atoms with Crippen molar-refractivity contribution in [2.24, 2.45) is 0 Å². The summed E-state index contributed by atoms with van der Waals surface area (Å²) in [6.07, 6.45) is 99.8. The summed E-state index contributed by atoms with van der Waals surface area (Å²) < 4.78 is 34.9. The van der Waals surface area contributed by atoms with E-state index >= 15 is 0 Å². The van der Waals surface area contributed by atoms with E-state index in [-0.39, 0.29) is 25.6 Å². The lowest BCUT2D eigenvalue weighted by atomic mass is 10.0. The summed E-state index contributed by atoms with van der Waals surface area (Å²) in [7, 11) is 1.51. The number of carbonyl (C=O) groups excluding carboxylic acids is 2. The third-order valence-electron chi connectivity index (χ3n) is 20.3. The number of hydrogen-bond acceptors (Lipinski definition) is 7. The smallest absolute Gasteiger partial charge is 0.462 e. The molecular weight excluding hydrogens is 1210 g/mol. The first-order valence-electron chi connectivity index (χ1n) is 43.4. The lowest BCUT2D eigenvalue weighted by Crippen LogP contribution is -2.37. The molecule has 0 aromatic heterocycles. The van der Waals surface area contributed by atoms with Crippen molar-refractivity contribution in [2.45, 2.75) is 482 Å². The van der Waals surface area contributed by atoms with Gasteiger partial charge in [-0.05, 0) is 38.5 Å². The van der Waals surface area contributed by atoms with Crippen molar-refractivity contribution in [2.75, 3.05) is 47.5 Å². The molecule has 0 fully saturated rings. The number of likely N-dealkylation sites (N-methyl/N-ethyl adjacent to an activating group) is 1. The van der Waals surface area contributed by atoms with Gasteiger partial charge in [0.2, 0.25) is 0 Å². The molecule has 0 radical (unpaired) electrons. The minimum absolute atomic E-state index is 0.0373. The Kier molecular flexibility index (Phi) is 76.9. The van der Waals surface area contributed by atoms with Crippen LogP contribution in [0.15, 0.2) is 12.2 Å². The zero-order valence-electron chi connectivity index (χ0n) is 65.7. The highest BCUT2D eigenvalue weighted by atomic mass is 31.2. The first-order chi connectivity index (χ1) is 47.0. The van der Waals surface area contributed by atoms with Crippen LogP contribution in [-0.4, -0.2) is 74.9 Å². The molecule has 0 bridgehead atoms. The topological polar surface area (TPSA) is 108 Å². The van der Waals surface area contributed by atoms with Crippen LogP contribution in [-0.2, 0) is 32.7 Å². The second-order valence-electron chi connectivity index (χ2n) is 31.3. The van der Waals surface area contributed by atoms with Crippen molar-refractivity contribution >= 4 is 19.8 Å². The van der Waals surface area contributed by atoms with Gasteiger partial charge in [-0.3, -0.25) is 18.6 Å². The summed E-state index contributed by atoms with van der Waals surface area (Å²) in [4.78, 5) is 36.0. The minimum Gasteiger partial charge on any atom is -0.462 e. The number of phosphoric ester groups is 1. The van der Waals surface area contributed by atoms with Crippen LogP contribution in [0.3, 0.4) is 0 Å². The van der Waals surface area contributed by atoms with E-state index in [1.165, 1.54) is 411 Å². The van der Waals surface area contributed by atoms with Crippen LogP contribution in [0.2, 0.25) is 0 Å². The summed E-state index contributed by atoms with van der Waals surface area (Å²) in [6, 6.07) is 0. The molecule has 0 heterocycles. The van der Waals surface area contributed by atoms with E-state index in [0.717, 1.165) is 38.5 Å². The summed E-state index contributed by atoms with van der Waals surface area (Å²) in [5.41, 5.74) is 0. The van der Waals surface area contributed by atoms with Gasteiger partial charge >= 0.3 is 19.8 Å². The molecule has 0 aromatic rings. The Bertz CT molecular complexity index is 1620. The molecule has 0 aromatic carbocycles. The predicted octanol–water partition coefficient (Wildman–Crippen LogP) is 29.0. The second kappa shape index (κ2) is 77.9. The molecular formula is C86H171NO8P+. The molecule has 1 N–H and O–H groups in total. The molecule has 0 aliphatic heterocycles. The van der Waals surface area contributed by atoms with Crippen LogP contribution in [0, 0.1) is 0 Å². The lowest BCUT2D eigenvalue weighted by Gasteiger charge is -2.24. The van der Waals surface area contributed by atoms with E-state index in [1.54, 1.807) is 0 Å². The maximum atomic E-state index is 12.9. The van der Waals surface area contributed by atoms with Gasteiger partial charge in [0.25, 0.3) is 0 Å². The van der Waals surface area contributed by atoms with Crippen molar-refractivity contribution in [3.63, 3.8) is 0 Å². The molecule has 0 aliphatic rings.